The summed E-state index contributed by atoms with van der Waals surface area (Å²) in [6.45, 7) is 0.416. The summed E-state index contributed by atoms with van der Waals surface area (Å²) >= 11 is 1.20. The predicted octanol–water partition coefficient (Wildman–Crippen LogP) is 3.46. The van der Waals surface area contributed by atoms with E-state index in [9.17, 15) is 19.5 Å². The number of aromatic nitrogens is 3. The molecule has 1 aliphatic carbocycles. The molecule has 4 N–H and O–H groups in total. The Balaban J connectivity index is 1.37. The van der Waals surface area contributed by atoms with E-state index in [0.29, 0.717) is 36.1 Å². The van der Waals surface area contributed by atoms with Gasteiger partial charge < -0.3 is 25.4 Å². The van der Waals surface area contributed by atoms with Gasteiger partial charge in [-0.3, -0.25) is 4.79 Å². The van der Waals surface area contributed by atoms with Crippen LogP contribution in [0.2, 0.25) is 0 Å². The predicted molar refractivity (Wildman–Crippen MR) is 129 cm³/mol. The molecule has 0 fully saturated rings. The fourth-order valence-corrected chi connectivity index (χ4v) is 5.21. The Morgan fingerprint density at radius 2 is 1.97 bits per heavy atom. The highest BCUT2D eigenvalue weighted by molar-refractivity contribution is 7.13. The molecule has 0 spiro atoms. The number of hydrogen-bond acceptors (Lipinski definition) is 7. The molecular formula is C24H21N5O5S. The largest absolute Gasteiger partial charge is 0.478 e. The third-order valence-electron chi connectivity index (χ3n) is 6.07. The Labute approximate surface area is 203 Å². The van der Waals surface area contributed by atoms with Crippen LogP contribution in [0, 0.1) is 0 Å². The van der Waals surface area contributed by atoms with Crippen molar-refractivity contribution in [2.45, 2.75) is 25.4 Å². The molecule has 10 nitrogen and oxygen atoms in total. The number of carboxylic acids is 2. The van der Waals surface area contributed by atoms with Crippen molar-refractivity contribution in [3.05, 3.63) is 75.0 Å². The molecule has 0 saturated carbocycles. The first kappa shape index (κ1) is 22.5. The second kappa shape index (κ2) is 8.84. The van der Waals surface area contributed by atoms with Gasteiger partial charge in [0, 0.05) is 24.7 Å². The van der Waals surface area contributed by atoms with E-state index in [0.717, 1.165) is 16.0 Å². The number of rotatable bonds is 7. The van der Waals surface area contributed by atoms with Crippen molar-refractivity contribution in [2.75, 3.05) is 5.32 Å². The SMILES string of the molecule is Cn1cc(NCc2ccc(C(=O)O)s2)c2ncnc(C(=O)N[C@H]3CCc4cc(C(=O)O)ccc43)c21. The second-order valence-electron chi connectivity index (χ2n) is 8.28. The van der Waals surface area contributed by atoms with Gasteiger partial charge >= 0.3 is 11.9 Å². The molecule has 1 aromatic carbocycles. The average molecular weight is 492 g/mol. The highest BCUT2D eigenvalue weighted by Crippen LogP contribution is 2.33. The fraction of sp³-hybridized carbons (Fsp3) is 0.208. The van der Waals surface area contributed by atoms with Crippen LogP contribution < -0.4 is 10.6 Å². The Hall–Kier alpha value is -4.25. The number of aromatic carboxylic acids is 2. The van der Waals surface area contributed by atoms with Gasteiger partial charge in [0.25, 0.3) is 5.91 Å². The first-order chi connectivity index (χ1) is 16.8. The third-order valence-corrected chi connectivity index (χ3v) is 7.14. The Kier molecular flexibility index (Phi) is 5.69. The number of carbonyl (C=O) groups is 3. The van der Waals surface area contributed by atoms with Gasteiger partial charge in [0.15, 0.2) is 5.69 Å². The molecule has 0 aliphatic heterocycles. The van der Waals surface area contributed by atoms with Gasteiger partial charge in [-0.2, -0.15) is 0 Å². The van der Waals surface area contributed by atoms with Crippen LogP contribution in [0.1, 0.15) is 59.0 Å². The molecule has 35 heavy (non-hydrogen) atoms. The maximum atomic E-state index is 13.2. The zero-order valence-corrected chi connectivity index (χ0v) is 19.4. The Morgan fingerprint density at radius 1 is 1.14 bits per heavy atom. The molecule has 4 aromatic rings. The minimum atomic E-state index is -0.974. The molecule has 0 saturated heterocycles. The number of carboxylic acid groups (broad SMARTS) is 2. The van der Waals surface area contributed by atoms with Crippen molar-refractivity contribution in [3.8, 4) is 0 Å². The van der Waals surface area contributed by atoms with E-state index in [1.807, 2.05) is 6.20 Å². The molecule has 1 aliphatic rings. The number of nitrogens with one attached hydrogen (secondary N) is 2. The monoisotopic (exact) mass is 491 g/mol. The molecule has 0 radical (unpaired) electrons. The van der Waals surface area contributed by atoms with Gasteiger partial charge in [-0.15, -0.1) is 11.3 Å². The summed E-state index contributed by atoms with van der Waals surface area (Å²) in [5, 5.41) is 24.6. The van der Waals surface area contributed by atoms with E-state index in [1.54, 1.807) is 41.9 Å². The first-order valence-electron chi connectivity index (χ1n) is 10.8. The Morgan fingerprint density at radius 3 is 2.71 bits per heavy atom. The Bertz CT molecular complexity index is 1490. The van der Waals surface area contributed by atoms with Crippen LogP contribution in [0.5, 0.6) is 0 Å². The summed E-state index contributed by atoms with van der Waals surface area (Å²) < 4.78 is 1.78. The van der Waals surface area contributed by atoms with Gasteiger partial charge in [0.05, 0.1) is 17.3 Å². The molecule has 178 valence electrons. The van der Waals surface area contributed by atoms with Crippen LogP contribution in [-0.4, -0.2) is 42.6 Å². The normalized spacial score (nSPS) is 14.6. The number of anilines is 1. The molecule has 0 unspecified atom stereocenters. The highest BCUT2D eigenvalue weighted by atomic mass is 32.1. The molecule has 0 bridgehead atoms. The summed E-state index contributed by atoms with van der Waals surface area (Å²) in [4.78, 5) is 45.3. The number of thiophene rings is 1. The molecule has 1 amide bonds. The zero-order valence-electron chi connectivity index (χ0n) is 18.6. The van der Waals surface area contributed by atoms with Crippen LogP contribution in [0.4, 0.5) is 5.69 Å². The topological polar surface area (TPSA) is 146 Å². The molecule has 3 heterocycles. The number of nitrogens with zero attached hydrogens (tertiary/aromatic N) is 3. The lowest BCUT2D eigenvalue weighted by Crippen LogP contribution is -2.28. The molecular weight excluding hydrogens is 470 g/mol. The van der Waals surface area contributed by atoms with Crippen LogP contribution in [0.3, 0.4) is 0 Å². The summed E-state index contributed by atoms with van der Waals surface area (Å²) in [5.41, 5.74) is 4.18. The lowest BCUT2D eigenvalue weighted by molar-refractivity contribution is 0.0688. The second-order valence-corrected chi connectivity index (χ2v) is 9.45. The lowest BCUT2D eigenvalue weighted by atomic mass is 10.0. The van der Waals surface area contributed by atoms with Crippen LogP contribution in [-0.2, 0) is 20.0 Å². The third kappa shape index (κ3) is 4.21. The number of aryl methyl sites for hydroxylation is 2. The van der Waals surface area contributed by atoms with E-state index in [1.165, 1.54) is 17.7 Å². The first-order valence-corrected chi connectivity index (χ1v) is 11.7. The van der Waals surface area contributed by atoms with Crippen molar-refractivity contribution in [1.82, 2.24) is 19.9 Å². The minimum Gasteiger partial charge on any atom is -0.478 e. The van der Waals surface area contributed by atoms with Gasteiger partial charge in [0.1, 0.15) is 22.2 Å². The van der Waals surface area contributed by atoms with E-state index >= 15 is 0 Å². The summed E-state index contributed by atoms with van der Waals surface area (Å²) in [5.74, 6) is -2.27. The quantitative estimate of drug-likeness (QED) is 0.307. The zero-order chi connectivity index (χ0) is 24.7. The maximum Gasteiger partial charge on any atom is 0.345 e. The van der Waals surface area contributed by atoms with Crippen LogP contribution in [0.25, 0.3) is 11.0 Å². The summed E-state index contributed by atoms with van der Waals surface area (Å²) in [7, 11) is 1.81. The van der Waals surface area contributed by atoms with Gasteiger partial charge in [-0.25, -0.2) is 19.6 Å². The number of fused-ring (bicyclic) bond motifs is 2. The summed E-state index contributed by atoms with van der Waals surface area (Å²) in [6.07, 6.45) is 4.53. The molecule has 1 atom stereocenters. The van der Waals surface area contributed by atoms with Crippen molar-refractivity contribution >= 4 is 45.9 Å². The number of carbonyl (C=O) groups excluding carboxylic acids is 1. The number of benzene rings is 1. The molecule has 11 heteroatoms. The smallest absolute Gasteiger partial charge is 0.345 e. The van der Waals surface area contributed by atoms with Gasteiger partial charge in [0.2, 0.25) is 0 Å². The maximum absolute atomic E-state index is 13.2. The van der Waals surface area contributed by atoms with Crippen LogP contribution >= 0.6 is 11.3 Å². The molecule has 3 aromatic heterocycles. The van der Waals surface area contributed by atoms with Crippen molar-refractivity contribution in [3.63, 3.8) is 0 Å². The van der Waals surface area contributed by atoms with E-state index in [4.69, 9.17) is 5.11 Å². The van der Waals surface area contributed by atoms with Gasteiger partial charge in [-0.05, 0) is 48.2 Å². The number of amides is 1. The van der Waals surface area contributed by atoms with Crippen molar-refractivity contribution < 1.29 is 24.6 Å². The fourth-order valence-electron chi connectivity index (χ4n) is 4.42. The van der Waals surface area contributed by atoms with Crippen molar-refractivity contribution in [2.24, 2.45) is 7.05 Å². The number of hydrogen-bond donors (Lipinski definition) is 4. The van der Waals surface area contributed by atoms with E-state index in [-0.39, 0.29) is 28.1 Å². The minimum absolute atomic E-state index is 0.231. The van der Waals surface area contributed by atoms with Crippen LogP contribution in [0.15, 0.2) is 42.9 Å². The average Bonchev–Trinajstić information content (AvgIpc) is 3.55. The van der Waals surface area contributed by atoms with Crippen molar-refractivity contribution in [1.29, 1.82) is 0 Å². The van der Waals surface area contributed by atoms with E-state index < -0.39 is 11.9 Å². The molecule has 5 rings (SSSR count). The standard InChI is InChI=1S/C24H21N5O5S/c1-29-10-17(25-9-14-4-7-18(35-14)24(33)34)19-21(29)20(27-11-26-19)22(30)28-16-6-3-12-8-13(23(31)32)2-5-15(12)16/h2,4-5,7-8,10-11,16,25H,3,6,9H2,1H3,(H,28,30)(H,31,32)(H,33,34)/t16-/m0/s1. The summed E-state index contributed by atoms with van der Waals surface area (Å²) in [6, 6.07) is 8.08. The van der Waals surface area contributed by atoms with Gasteiger partial charge in [-0.1, -0.05) is 6.07 Å². The van der Waals surface area contributed by atoms with E-state index in [2.05, 4.69) is 20.6 Å². The highest BCUT2D eigenvalue weighted by Gasteiger charge is 2.27. The lowest BCUT2D eigenvalue weighted by Gasteiger charge is -2.14.